The van der Waals surface area contributed by atoms with E-state index in [1.807, 2.05) is 0 Å². The summed E-state index contributed by atoms with van der Waals surface area (Å²) in [6.07, 6.45) is 0. The first-order valence-electron chi connectivity index (χ1n) is 10.7. The second-order valence-electron chi connectivity index (χ2n) is 7.16. The van der Waals surface area contributed by atoms with Crippen LogP contribution in [-0.4, -0.2) is 52.2 Å². The molecule has 0 fully saturated rings. The van der Waals surface area contributed by atoms with Crippen LogP contribution in [0.15, 0.2) is 103 Å². The van der Waals surface area contributed by atoms with E-state index >= 15 is 0 Å². The fourth-order valence-corrected chi connectivity index (χ4v) is 10.9. The topological polar surface area (TPSA) is 65.0 Å². The number of methoxy groups -OCH3 is 3. The summed E-state index contributed by atoms with van der Waals surface area (Å²) >= 11 is -1.98. The fraction of sp³-hybridized carbons (Fsp3) is 0.107. The van der Waals surface area contributed by atoms with Gasteiger partial charge in [0.25, 0.3) is 0 Å². The Bertz CT molecular complexity index is 1090. The Morgan fingerprint density at radius 1 is 0.588 bits per heavy atom. The summed E-state index contributed by atoms with van der Waals surface area (Å²) in [6, 6.07) is 35.9. The Hall–Kier alpha value is -3.45. The molecule has 1 radical (unpaired) electrons. The Balaban J connectivity index is 0.000000197. The number of hydrogen-bond donors (Lipinski definition) is 1. The van der Waals surface area contributed by atoms with Crippen molar-refractivity contribution in [2.45, 2.75) is 0 Å². The first-order chi connectivity index (χ1) is 16.6. The molecule has 0 atom stereocenters. The maximum atomic E-state index is 10.9. The van der Waals surface area contributed by atoms with Crippen LogP contribution in [0.2, 0.25) is 0 Å². The predicted octanol–water partition coefficient (Wildman–Crippen LogP) is 3.61. The summed E-state index contributed by atoms with van der Waals surface area (Å²) < 4.78 is 19.6. The van der Waals surface area contributed by atoms with Crippen LogP contribution in [0.5, 0.6) is 17.2 Å². The van der Waals surface area contributed by atoms with E-state index in [0.717, 1.165) is 0 Å². The van der Waals surface area contributed by atoms with Gasteiger partial charge in [-0.15, -0.1) is 0 Å². The molecular weight excluding hydrogens is 535 g/mol. The normalized spacial score (nSPS) is 10.1. The molecule has 0 heterocycles. The second kappa shape index (κ2) is 12.7. The molecule has 0 aliphatic rings. The number of aromatic carboxylic acids is 1. The van der Waals surface area contributed by atoms with Crippen LogP contribution < -0.4 is 24.9 Å². The molecule has 0 aliphatic carbocycles. The van der Waals surface area contributed by atoms with Crippen LogP contribution in [0.3, 0.4) is 0 Å². The van der Waals surface area contributed by atoms with Gasteiger partial charge in [0.2, 0.25) is 5.75 Å². The van der Waals surface area contributed by atoms with Crippen LogP contribution in [0, 0.1) is 0 Å². The van der Waals surface area contributed by atoms with E-state index in [0.29, 0.717) is 5.75 Å². The molecule has 6 heteroatoms. The summed E-state index contributed by atoms with van der Waals surface area (Å²) in [5.74, 6) is -0.212. The standard InChI is InChI=1S/C10H12O5.3C6H5.Sn/c1-13-7-5-4-6(10(11)12)8(14-2)9(7)15-3;3*1-2-4-6-5-3-1;/h4-5H,1-3H3,(H,11,12);3*1-5H;. The van der Waals surface area contributed by atoms with Crippen molar-refractivity contribution < 1.29 is 24.1 Å². The van der Waals surface area contributed by atoms with Gasteiger partial charge in [0.1, 0.15) is 5.56 Å². The summed E-state index contributed by atoms with van der Waals surface area (Å²) in [4.78, 5) is 10.9. The molecule has 0 amide bonds. The molecule has 4 aromatic carbocycles. The number of ether oxygens (including phenoxy) is 3. The summed E-state index contributed by atoms with van der Waals surface area (Å²) in [5, 5.41) is 8.90. The molecule has 0 aliphatic heterocycles. The van der Waals surface area contributed by atoms with Crippen LogP contribution in [-0.2, 0) is 0 Å². The van der Waals surface area contributed by atoms with Crippen molar-refractivity contribution in [1.82, 2.24) is 0 Å². The van der Waals surface area contributed by atoms with Crippen molar-refractivity contribution in [3.63, 3.8) is 0 Å². The minimum absolute atomic E-state index is 0.0372. The molecule has 4 rings (SSSR count). The Morgan fingerprint density at radius 3 is 1.32 bits per heavy atom. The zero-order valence-electron chi connectivity index (χ0n) is 19.4. The number of hydrogen-bond acceptors (Lipinski definition) is 4. The molecule has 0 aromatic heterocycles. The minimum atomic E-state index is -1.98. The molecule has 0 spiro atoms. The van der Waals surface area contributed by atoms with Crippen LogP contribution >= 0.6 is 0 Å². The molecule has 173 valence electrons. The van der Waals surface area contributed by atoms with Gasteiger partial charge in [-0.05, 0) is 12.1 Å². The third kappa shape index (κ3) is 6.11. The van der Waals surface area contributed by atoms with Crippen LogP contribution in [0.25, 0.3) is 0 Å². The van der Waals surface area contributed by atoms with Crippen molar-refractivity contribution >= 4 is 36.5 Å². The number of carboxylic acid groups (broad SMARTS) is 1. The van der Waals surface area contributed by atoms with Gasteiger partial charge in [-0.1, -0.05) is 0 Å². The molecule has 4 aromatic rings. The molecule has 34 heavy (non-hydrogen) atoms. The van der Waals surface area contributed by atoms with Crippen molar-refractivity contribution in [3.05, 3.63) is 109 Å². The van der Waals surface area contributed by atoms with E-state index in [2.05, 4.69) is 91.0 Å². The molecule has 0 unspecified atom stereocenters. The number of carbonyl (C=O) groups is 1. The first-order valence-corrected chi connectivity index (χ1v) is 14.9. The zero-order valence-corrected chi connectivity index (χ0v) is 22.2. The van der Waals surface area contributed by atoms with E-state index in [1.54, 1.807) is 0 Å². The van der Waals surface area contributed by atoms with Gasteiger partial charge in [-0.3, -0.25) is 0 Å². The fourth-order valence-electron chi connectivity index (χ4n) is 3.58. The van der Waals surface area contributed by atoms with Crippen LogP contribution in [0.1, 0.15) is 10.4 Å². The number of rotatable bonds is 7. The number of carboxylic acids is 1. The van der Waals surface area contributed by atoms with Crippen molar-refractivity contribution in [3.8, 4) is 17.2 Å². The van der Waals surface area contributed by atoms with Crippen LogP contribution in [0.4, 0.5) is 0 Å². The molecule has 0 bridgehead atoms. The van der Waals surface area contributed by atoms with E-state index in [-0.39, 0.29) is 17.1 Å². The molecule has 0 saturated carbocycles. The second-order valence-corrected chi connectivity index (χ2v) is 14.2. The van der Waals surface area contributed by atoms with Gasteiger partial charge in [0.15, 0.2) is 11.5 Å². The average molecular weight is 562 g/mol. The quantitative estimate of drug-likeness (QED) is 0.349. The maximum absolute atomic E-state index is 10.9. The molecular formula is C28H27O5Sn. The Kier molecular flexibility index (Phi) is 9.40. The molecule has 5 nitrogen and oxygen atoms in total. The van der Waals surface area contributed by atoms with Gasteiger partial charge in [-0.2, -0.15) is 0 Å². The SMILES string of the molecule is COc1ccc(C(=O)O)c(OC)c1OC.c1cc[c]([Sn]([c]2ccccc2)[c]2ccccc2)cc1. The van der Waals surface area contributed by atoms with E-state index in [1.165, 1.54) is 44.2 Å². The van der Waals surface area contributed by atoms with Gasteiger partial charge in [-0.25, -0.2) is 4.79 Å². The van der Waals surface area contributed by atoms with Gasteiger partial charge < -0.3 is 19.3 Å². The van der Waals surface area contributed by atoms with E-state index in [4.69, 9.17) is 19.3 Å². The Morgan fingerprint density at radius 2 is 1.00 bits per heavy atom. The summed E-state index contributed by atoms with van der Waals surface area (Å²) in [7, 11) is 4.27. The van der Waals surface area contributed by atoms with E-state index < -0.39 is 25.7 Å². The van der Waals surface area contributed by atoms with Gasteiger partial charge in [0, 0.05) is 0 Å². The third-order valence-corrected chi connectivity index (χ3v) is 12.9. The van der Waals surface area contributed by atoms with Gasteiger partial charge in [0.05, 0.1) is 21.3 Å². The van der Waals surface area contributed by atoms with Crippen molar-refractivity contribution in [2.75, 3.05) is 21.3 Å². The van der Waals surface area contributed by atoms with Crippen molar-refractivity contribution in [1.29, 1.82) is 0 Å². The Labute approximate surface area is 207 Å². The molecule has 1 N–H and O–H groups in total. The average Bonchev–Trinajstić information content (AvgIpc) is 2.90. The molecule has 0 saturated heterocycles. The van der Waals surface area contributed by atoms with E-state index in [9.17, 15) is 4.79 Å². The first kappa shape index (κ1) is 25.2. The summed E-state index contributed by atoms with van der Waals surface area (Å²) in [6.45, 7) is 0. The third-order valence-electron chi connectivity index (χ3n) is 5.12. The zero-order chi connectivity index (χ0) is 24.3. The summed E-state index contributed by atoms with van der Waals surface area (Å²) in [5.41, 5.74) is 0.0372. The monoisotopic (exact) mass is 563 g/mol. The van der Waals surface area contributed by atoms with Crippen molar-refractivity contribution in [2.24, 2.45) is 0 Å². The van der Waals surface area contributed by atoms with Gasteiger partial charge >= 0.3 is 127 Å². The predicted molar refractivity (Wildman–Crippen MR) is 137 cm³/mol. The number of benzene rings is 4.